The van der Waals surface area contributed by atoms with Crippen molar-refractivity contribution in [3.8, 4) is 0 Å². The van der Waals surface area contributed by atoms with Gasteiger partial charge in [0.2, 0.25) is 0 Å². The number of carbonyl (C=O) groups is 3. The number of carbonyl (C=O) groups excluding carboxylic acids is 3. The molecule has 0 amide bonds. The lowest BCUT2D eigenvalue weighted by Gasteiger charge is -2.50. The Balaban J connectivity index is 1.62. The molecule has 1 unspecified atom stereocenters. The molecule has 5 rings (SSSR count). The van der Waals surface area contributed by atoms with Crippen LogP contribution in [0.25, 0.3) is 0 Å². The molecular weight excluding hydrogens is 458 g/mol. The van der Waals surface area contributed by atoms with E-state index in [0.717, 1.165) is 50.1 Å². The van der Waals surface area contributed by atoms with Crippen molar-refractivity contribution in [1.82, 2.24) is 4.90 Å². The second kappa shape index (κ2) is 9.57. The molecule has 36 heavy (non-hydrogen) atoms. The van der Waals surface area contributed by atoms with E-state index in [-0.39, 0.29) is 41.5 Å². The second-order valence-corrected chi connectivity index (χ2v) is 12.2. The van der Waals surface area contributed by atoms with Crippen LogP contribution in [0.1, 0.15) is 64.7 Å². The van der Waals surface area contributed by atoms with E-state index in [0.29, 0.717) is 38.9 Å². The number of hydrogen-bond donors (Lipinski definition) is 1. The van der Waals surface area contributed by atoms with Gasteiger partial charge in [-0.2, -0.15) is 0 Å². The van der Waals surface area contributed by atoms with Gasteiger partial charge in [-0.3, -0.25) is 0 Å². The number of aliphatic hydroxyl groups is 1. The Morgan fingerprint density at radius 1 is 1.03 bits per heavy atom. The number of ether oxygens (including phenoxy) is 2. The van der Waals surface area contributed by atoms with Crippen LogP contribution in [0.3, 0.4) is 0 Å². The van der Waals surface area contributed by atoms with Crippen LogP contribution in [0.15, 0.2) is 22.8 Å². The van der Waals surface area contributed by atoms with Crippen molar-refractivity contribution in [1.29, 1.82) is 0 Å². The minimum absolute atomic E-state index is 0.00325. The molecule has 0 bridgehead atoms. The summed E-state index contributed by atoms with van der Waals surface area (Å²) in [5.41, 5.74) is 2.14. The monoisotopic (exact) mass is 499 g/mol. The molecular formula is C29H41NO6. The van der Waals surface area contributed by atoms with Gasteiger partial charge in [0.1, 0.15) is 18.9 Å². The summed E-state index contributed by atoms with van der Waals surface area (Å²) >= 11 is 0. The molecule has 7 atom stereocenters. The third-order valence-corrected chi connectivity index (χ3v) is 10.4. The van der Waals surface area contributed by atoms with Crippen molar-refractivity contribution in [2.45, 2.75) is 82.1 Å². The summed E-state index contributed by atoms with van der Waals surface area (Å²) < 4.78 is 12.6. The van der Waals surface area contributed by atoms with Crippen molar-refractivity contribution in [2.75, 3.05) is 27.3 Å². The van der Waals surface area contributed by atoms with E-state index in [1.54, 1.807) is 0 Å². The first kappa shape index (κ1) is 26.0. The summed E-state index contributed by atoms with van der Waals surface area (Å²) in [6, 6.07) is 0.00325. The van der Waals surface area contributed by atoms with Gasteiger partial charge in [-0.1, -0.05) is 18.6 Å². The molecule has 3 fully saturated rings. The van der Waals surface area contributed by atoms with Crippen LogP contribution < -0.4 is 0 Å². The van der Waals surface area contributed by atoms with Crippen LogP contribution in [-0.2, 0) is 23.9 Å². The zero-order valence-electron chi connectivity index (χ0n) is 21.9. The summed E-state index contributed by atoms with van der Waals surface area (Å²) in [6.07, 6.45) is 10.6. The van der Waals surface area contributed by atoms with Crippen molar-refractivity contribution < 1.29 is 29.0 Å². The molecule has 5 aliphatic rings. The van der Waals surface area contributed by atoms with Gasteiger partial charge in [0.25, 0.3) is 0 Å². The van der Waals surface area contributed by atoms with E-state index in [9.17, 15) is 19.5 Å². The maximum absolute atomic E-state index is 12.2. The highest BCUT2D eigenvalue weighted by Crippen LogP contribution is 2.65. The number of rotatable bonds is 7. The molecule has 1 N–H and O–H groups in total. The third kappa shape index (κ3) is 3.80. The highest BCUT2D eigenvalue weighted by atomic mass is 16.7. The minimum atomic E-state index is -1.04. The van der Waals surface area contributed by atoms with Crippen LogP contribution in [0, 0.1) is 29.1 Å². The predicted octanol–water partition coefficient (Wildman–Crippen LogP) is 3.25. The van der Waals surface area contributed by atoms with Gasteiger partial charge in [0.05, 0.1) is 18.8 Å². The van der Waals surface area contributed by atoms with Crippen LogP contribution in [-0.4, -0.2) is 73.6 Å². The Labute approximate surface area is 214 Å². The summed E-state index contributed by atoms with van der Waals surface area (Å²) in [4.78, 5) is 37.5. The maximum atomic E-state index is 12.2. The van der Waals surface area contributed by atoms with Crippen LogP contribution in [0.4, 0.5) is 0 Å². The number of fused-ring (bicyclic) bond motifs is 4. The van der Waals surface area contributed by atoms with Crippen molar-refractivity contribution in [3.05, 3.63) is 22.8 Å². The van der Waals surface area contributed by atoms with Gasteiger partial charge in [-0.25, -0.2) is 0 Å². The van der Waals surface area contributed by atoms with E-state index in [1.165, 1.54) is 11.1 Å². The number of aldehydes is 3. The third-order valence-electron chi connectivity index (χ3n) is 10.4. The SMILES string of the molecule is CN(C)[C@H]1C[C@]2(O)CCC3=C(C=C2[C@@H](CC=O)[C@@H]1CC=O)C(CC=O)C[C@@]1(C)[C@H]3CCC12OCCO2. The molecule has 0 aromatic carbocycles. The molecule has 0 radical (unpaired) electrons. The molecule has 198 valence electrons. The molecule has 1 saturated heterocycles. The highest BCUT2D eigenvalue weighted by molar-refractivity contribution is 5.57. The smallest absolute Gasteiger partial charge is 0.174 e. The Morgan fingerprint density at radius 3 is 2.36 bits per heavy atom. The van der Waals surface area contributed by atoms with Gasteiger partial charge in [-0.15, -0.1) is 0 Å². The standard InChI is InChI=1S/C29H41NO6/c1-27-17-19(6-11-31)23-16-25-21(7-12-32)22(8-13-33)26(30(2)3)18-28(25,34)9-4-20(23)24(27)5-10-29(27)35-14-15-36-29/h11-13,16,19,21-22,24,26,34H,4-10,14-15,17-18H2,1-3H3/t19?,21-,22-,24-,26-,27-,28+/m0/s1. The summed E-state index contributed by atoms with van der Waals surface area (Å²) in [7, 11) is 3.98. The molecule has 7 nitrogen and oxygen atoms in total. The number of allylic oxidation sites excluding steroid dienone is 3. The lowest BCUT2D eigenvalue weighted by molar-refractivity contribution is -0.228. The van der Waals surface area contributed by atoms with E-state index >= 15 is 0 Å². The molecule has 1 heterocycles. The average Bonchev–Trinajstić information content (AvgIpc) is 3.39. The zero-order valence-corrected chi connectivity index (χ0v) is 21.9. The largest absolute Gasteiger partial charge is 0.385 e. The normalized spacial score (nSPS) is 41.4. The highest BCUT2D eigenvalue weighted by Gasteiger charge is 2.64. The van der Waals surface area contributed by atoms with E-state index < -0.39 is 11.4 Å². The quantitative estimate of drug-likeness (QED) is 0.538. The first-order valence-corrected chi connectivity index (χ1v) is 13.7. The molecule has 1 spiro atoms. The average molecular weight is 500 g/mol. The molecule has 7 heteroatoms. The van der Waals surface area contributed by atoms with Gasteiger partial charge in [0, 0.05) is 37.1 Å². The fraction of sp³-hybridized carbons (Fsp3) is 0.759. The van der Waals surface area contributed by atoms with Crippen molar-refractivity contribution >= 4 is 18.9 Å². The lowest BCUT2D eigenvalue weighted by atomic mass is 9.60. The summed E-state index contributed by atoms with van der Waals surface area (Å²) in [5, 5.41) is 12.2. The van der Waals surface area contributed by atoms with Crippen LogP contribution >= 0.6 is 0 Å². The van der Waals surface area contributed by atoms with Crippen molar-refractivity contribution in [2.24, 2.45) is 29.1 Å². The maximum Gasteiger partial charge on any atom is 0.174 e. The Morgan fingerprint density at radius 2 is 1.72 bits per heavy atom. The van der Waals surface area contributed by atoms with Crippen LogP contribution in [0.2, 0.25) is 0 Å². The van der Waals surface area contributed by atoms with Gasteiger partial charge in [-0.05, 0) is 81.0 Å². The molecule has 0 aromatic rings. The molecule has 0 aromatic heterocycles. The topological polar surface area (TPSA) is 93.1 Å². The second-order valence-electron chi connectivity index (χ2n) is 12.2. The molecule has 1 aliphatic heterocycles. The molecule has 4 aliphatic carbocycles. The summed E-state index contributed by atoms with van der Waals surface area (Å²) in [5.74, 6) is -0.540. The number of hydrogen-bond acceptors (Lipinski definition) is 7. The zero-order chi connectivity index (χ0) is 25.7. The molecule has 2 saturated carbocycles. The Kier molecular flexibility index (Phi) is 6.90. The first-order chi connectivity index (χ1) is 17.2. The van der Waals surface area contributed by atoms with Gasteiger partial charge >= 0.3 is 0 Å². The fourth-order valence-electron chi connectivity index (χ4n) is 8.79. The Hall–Kier alpha value is -1.67. The summed E-state index contributed by atoms with van der Waals surface area (Å²) in [6.45, 7) is 3.48. The number of nitrogens with zero attached hydrogens (tertiary/aromatic N) is 1. The lowest BCUT2D eigenvalue weighted by Crippen LogP contribution is -2.53. The Bertz CT molecular complexity index is 965. The van der Waals surface area contributed by atoms with E-state index in [2.05, 4.69) is 17.9 Å². The fourth-order valence-corrected chi connectivity index (χ4v) is 8.79. The van der Waals surface area contributed by atoms with Crippen LogP contribution in [0.5, 0.6) is 0 Å². The van der Waals surface area contributed by atoms with E-state index in [1.807, 2.05) is 14.1 Å². The van der Waals surface area contributed by atoms with Crippen molar-refractivity contribution in [3.63, 3.8) is 0 Å². The van der Waals surface area contributed by atoms with Gasteiger partial charge < -0.3 is 33.9 Å². The predicted molar refractivity (Wildman–Crippen MR) is 134 cm³/mol. The van der Waals surface area contributed by atoms with E-state index in [4.69, 9.17) is 9.47 Å². The van der Waals surface area contributed by atoms with Gasteiger partial charge in [0.15, 0.2) is 5.79 Å². The minimum Gasteiger partial charge on any atom is -0.385 e. The first-order valence-electron chi connectivity index (χ1n) is 13.7.